The van der Waals surface area contributed by atoms with Gasteiger partial charge in [-0.2, -0.15) is 0 Å². The van der Waals surface area contributed by atoms with E-state index in [4.69, 9.17) is 10.7 Å². The Morgan fingerprint density at radius 2 is 2.10 bits per heavy atom. The topological polar surface area (TPSA) is 80.3 Å². The van der Waals surface area contributed by atoms with Gasteiger partial charge in [0.25, 0.3) is 15.0 Å². The first-order chi connectivity index (χ1) is 9.66. The minimum absolute atomic E-state index is 0.0714. The van der Waals surface area contributed by atoms with E-state index >= 15 is 0 Å². The van der Waals surface area contributed by atoms with Crippen LogP contribution in [-0.2, 0) is 19.9 Å². The van der Waals surface area contributed by atoms with Crippen LogP contribution in [0, 0.1) is 5.82 Å². The molecule has 0 radical (unpaired) electrons. The van der Waals surface area contributed by atoms with Crippen LogP contribution in [0.1, 0.15) is 17.3 Å². The standard InChI is InChI=1S/C11H12BrClFNO4S2/c1-2-20(17)4-3-15-11(16)7-5-10(21(13,18)19)9(14)6-8(7)12/h5-6H,2-4H2,1H3,(H,15,16). The van der Waals surface area contributed by atoms with E-state index in [9.17, 15) is 21.8 Å². The molecule has 10 heteroatoms. The van der Waals surface area contributed by atoms with Crippen molar-refractivity contribution in [2.75, 3.05) is 18.1 Å². The van der Waals surface area contributed by atoms with Crippen molar-refractivity contribution in [1.82, 2.24) is 5.32 Å². The van der Waals surface area contributed by atoms with Gasteiger partial charge in [0.15, 0.2) is 0 Å². The van der Waals surface area contributed by atoms with Crippen molar-refractivity contribution in [2.24, 2.45) is 0 Å². The second kappa shape index (κ2) is 7.66. The minimum atomic E-state index is -4.30. The summed E-state index contributed by atoms with van der Waals surface area (Å²) in [5.41, 5.74) is -0.0714. The fourth-order valence-electron chi connectivity index (χ4n) is 1.41. The molecule has 118 valence electrons. The normalized spacial score (nSPS) is 13.0. The van der Waals surface area contributed by atoms with Crippen molar-refractivity contribution in [1.29, 1.82) is 0 Å². The van der Waals surface area contributed by atoms with Gasteiger partial charge in [-0.3, -0.25) is 9.00 Å². The Balaban J connectivity index is 2.97. The summed E-state index contributed by atoms with van der Waals surface area (Å²) in [5, 5.41) is 2.48. The van der Waals surface area contributed by atoms with Gasteiger partial charge < -0.3 is 5.32 Å². The zero-order valence-corrected chi connectivity index (χ0v) is 14.8. The van der Waals surface area contributed by atoms with Gasteiger partial charge in [0.05, 0.1) is 5.56 Å². The molecule has 0 spiro atoms. The van der Waals surface area contributed by atoms with Crippen LogP contribution in [0.15, 0.2) is 21.5 Å². The number of hydrogen-bond donors (Lipinski definition) is 1. The van der Waals surface area contributed by atoms with Crippen LogP contribution in [0.4, 0.5) is 4.39 Å². The highest BCUT2D eigenvalue weighted by molar-refractivity contribution is 9.10. The van der Waals surface area contributed by atoms with E-state index in [-0.39, 0.29) is 22.3 Å². The summed E-state index contributed by atoms with van der Waals surface area (Å²) in [6.45, 7) is 1.91. The van der Waals surface area contributed by atoms with Crippen LogP contribution in [0.25, 0.3) is 0 Å². The van der Waals surface area contributed by atoms with Gasteiger partial charge in [-0.15, -0.1) is 0 Å². The Morgan fingerprint density at radius 3 is 2.62 bits per heavy atom. The number of carbonyl (C=O) groups is 1. The van der Waals surface area contributed by atoms with Crippen molar-refractivity contribution in [2.45, 2.75) is 11.8 Å². The van der Waals surface area contributed by atoms with Crippen LogP contribution in [0.2, 0.25) is 0 Å². The Hall–Kier alpha value is -0.510. The molecular weight excluding hydrogens is 409 g/mol. The molecule has 0 aliphatic rings. The number of benzene rings is 1. The molecule has 1 aromatic rings. The second-order valence-electron chi connectivity index (χ2n) is 3.89. The number of hydrogen-bond acceptors (Lipinski definition) is 4. The van der Waals surface area contributed by atoms with Crippen molar-refractivity contribution < 1.29 is 21.8 Å². The first-order valence-electron chi connectivity index (χ1n) is 5.73. The predicted molar refractivity (Wildman–Crippen MR) is 83.0 cm³/mol. The number of nitrogens with one attached hydrogen (secondary N) is 1. The lowest BCUT2D eigenvalue weighted by molar-refractivity contribution is 0.0955. The highest BCUT2D eigenvalue weighted by Crippen LogP contribution is 2.26. The van der Waals surface area contributed by atoms with Crippen molar-refractivity contribution in [3.05, 3.63) is 28.0 Å². The molecule has 1 atom stereocenters. The maximum Gasteiger partial charge on any atom is 0.264 e. The summed E-state index contributed by atoms with van der Waals surface area (Å²) in [6.07, 6.45) is 0. The maximum atomic E-state index is 13.5. The van der Waals surface area contributed by atoms with E-state index in [1.165, 1.54) is 0 Å². The lowest BCUT2D eigenvalue weighted by atomic mass is 10.2. The van der Waals surface area contributed by atoms with Gasteiger partial charge in [-0.1, -0.05) is 6.92 Å². The molecule has 5 nitrogen and oxygen atoms in total. The van der Waals surface area contributed by atoms with Gasteiger partial charge in [0.1, 0.15) is 10.7 Å². The van der Waals surface area contributed by atoms with E-state index in [0.29, 0.717) is 5.75 Å². The average Bonchev–Trinajstić information content (AvgIpc) is 2.36. The summed E-state index contributed by atoms with van der Waals surface area (Å²) >= 11 is 2.98. The fourth-order valence-corrected chi connectivity index (χ4v) is 3.43. The number of halogens is 3. The fraction of sp³-hybridized carbons (Fsp3) is 0.364. The summed E-state index contributed by atoms with van der Waals surface area (Å²) in [6, 6.07) is 1.71. The van der Waals surface area contributed by atoms with Gasteiger partial charge >= 0.3 is 0 Å². The van der Waals surface area contributed by atoms with Crippen molar-refractivity contribution in [3.63, 3.8) is 0 Å². The molecule has 0 bridgehead atoms. The number of amides is 1. The molecule has 0 fully saturated rings. The number of rotatable bonds is 6. The highest BCUT2D eigenvalue weighted by Gasteiger charge is 2.21. The van der Waals surface area contributed by atoms with E-state index in [1.807, 2.05) is 0 Å². The van der Waals surface area contributed by atoms with Crippen LogP contribution in [0.3, 0.4) is 0 Å². The minimum Gasteiger partial charge on any atom is -0.351 e. The molecule has 0 saturated heterocycles. The molecule has 1 N–H and O–H groups in total. The zero-order valence-electron chi connectivity index (χ0n) is 10.9. The first kappa shape index (κ1) is 18.5. The summed E-state index contributed by atoms with van der Waals surface area (Å²) in [7, 11) is -0.225. The lowest BCUT2D eigenvalue weighted by Gasteiger charge is -2.08. The van der Waals surface area contributed by atoms with Gasteiger partial charge in [-0.05, 0) is 28.1 Å². The molecule has 1 amide bonds. The quantitative estimate of drug-likeness (QED) is 0.714. The smallest absolute Gasteiger partial charge is 0.264 e. The first-order valence-corrected chi connectivity index (χ1v) is 10.3. The summed E-state index contributed by atoms with van der Waals surface area (Å²) in [5.74, 6) is -0.913. The number of carbonyl (C=O) groups excluding carboxylic acids is 1. The molecule has 0 heterocycles. The molecule has 0 aliphatic heterocycles. The predicted octanol–water partition coefficient (Wildman–Crippen LogP) is 2.01. The van der Waals surface area contributed by atoms with E-state index < -0.39 is 36.5 Å². The second-order valence-corrected chi connectivity index (χ2v) is 9.14. The molecule has 1 rings (SSSR count). The Labute approximate surface area is 137 Å². The molecule has 21 heavy (non-hydrogen) atoms. The van der Waals surface area contributed by atoms with E-state index in [2.05, 4.69) is 21.2 Å². The van der Waals surface area contributed by atoms with Crippen LogP contribution in [-0.4, -0.2) is 36.6 Å². The molecule has 1 aromatic carbocycles. The van der Waals surface area contributed by atoms with Crippen LogP contribution < -0.4 is 5.32 Å². The highest BCUT2D eigenvalue weighted by atomic mass is 79.9. The van der Waals surface area contributed by atoms with Crippen molar-refractivity contribution in [3.8, 4) is 0 Å². The molecule has 0 aromatic heterocycles. The van der Waals surface area contributed by atoms with Gasteiger partial charge in [-0.25, -0.2) is 12.8 Å². The van der Waals surface area contributed by atoms with Crippen LogP contribution in [0.5, 0.6) is 0 Å². The SMILES string of the molecule is CCS(=O)CCNC(=O)c1cc(S(=O)(=O)Cl)c(F)cc1Br. The van der Waals surface area contributed by atoms with E-state index in [0.717, 1.165) is 12.1 Å². The average molecular weight is 421 g/mol. The largest absolute Gasteiger partial charge is 0.351 e. The zero-order chi connectivity index (χ0) is 16.2. The van der Waals surface area contributed by atoms with Gasteiger partial charge in [0, 0.05) is 44.0 Å². The molecular formula is C11H12BrClFNO4S2. The summed E-state index contributed by atoms with van der Waals surface area (Å²) in [4.78, 5) is 11.2. The Kier molecular flexibility index (Phi) is 6.76. The molecule has 0 saturated carbocycles. The lowest BCUT2D eigenvalue weighted by Crippen LogP contribution is -2.28. The monoisotopic (exact) mass is 419 g/mol. The Morgan fingerprint density at radius 1 is 1.48 bits per heavy atom. The summed E-state index contributed by atoms with van der Waals surface area (Å²) < 4.78 is 47.3. The van der Waals surface area contributed by atoms with E-state index in [1.54, 1.807) is 6.92 Å². The third-order valence-electron chi connectivity index (χ3n) is 2.47. The van der Waals surface area contributed by atoms with Gasteiger partial charge in [0.2, 0.25) is 0 Å². The molecule has 0 aliphatic carbocycles. The maximum absolute atomic E-state index is 13.5. The Bertz CT molecular complexity index is 681. The third kappa shape index (κ3) is 5.32. The van der Waals surface area contributed by atoms with Crippen molar-refractivity contribution >= 4 is 52.4 Å². The van der Waals surface area contributed by atoms with Crippen LogP contribution >= 0.6 is 26.6 Å². The third-order valence-corrected chi connectivity index (χ3v) is 5.76. The molecule has 1 unspecified atom stereocenters.